The normalized spacial score (nSPS) is 24.3. The van der Waals surface area contributed by atoms with Gasteiger partial charge in [-0.3, -0.25) is 9.80 Å². The molecule has 0 N–H and O–H groups in total. The molecular formula is C20H28N2O2S. The molecule has 2 aliphatic heterocycles. The first-order valence-corrected chi connectivity index (χ1v) is 10.1. The third-order valence-electron chi connectivity index (χ3n) is 6.02. The van der Waals surface area contributed by atoms with E-state index in [2.05, 4.69) is 33.4 Å². The third-order valence-corrected chi connectivity index (χ3v) is 6.88. The molecule has 4 nitrogen and oxygen atoms in total. The predicted octanol–water partition coefficient (Wildman–Crippen LogP) is 3.70. The average molecular weight is 361 g/mol. The molecule has 2 aromatic heterocycles. The number of hydrogen-bond donors (Lipinski definition) is 0. The van der Waals surface area contributed by atoms with Crippen molar-refractivity contribution >= 4 is 11.3 Å². The molecule has 2 aromatic rings. The SMILES string of the molecule is COC[C@@H]1CN(Cc2ccco2)CC12CCN(Cc1cccs1)CC2. The summed E-state index contributed by atoms with van der Waals surface area (Å²) < 4.78 is 11.1. The van der Waals surface area contributed by atoms with E-state index in [0.29, 0.717) is 11.3 Å². The van der Waals surface area contributed by atoms with Crippen LogP contribution in [0.15, 0.2) is 40.3 Å². The van der Waals surface area contributed by atoms with Crippen LogP contribution in [-0.2, 0) is 17.8 Å². The molecule has 1 atom stereocenters. The van der Waals surface area contributed by atoms with E-state index in [1.54, 1.807) is 6.26 Å². The standard InChI is InChI=1S/C20H28N2O2S/c1-23-15-17-12-22(13-18-4-2-10-24-18)16-20(17)6-8-21(9-7-20)14-19-5-3-11-25-19/h2-5,10-11,17H,6-9,12-16H2,1H3/t17-/m0/s1. The molecule has 2 fully saturated rings. The van der Waals surface area contributed by atoms with Crippen LogP contribution in [0, 0.1) is 11.3 Å². The van der Waals surface area contributed by atoms with Gasteiger partial charge >= 0.3 is 0 Å². The van der Waals surface area contributed by atoms with Crippen LogP contribution in [0.5, 0.6) is 0 Å². The number of ether oxygens (including phenoxy) is 1. The molecule has 0 radical (unpaired) electrons. The fourth-order valence-corrected chi connectivity index (χ4v) is 5.41. The molecular weight excluding hydrogens is 332 g/mol. The van der Waals surface area contributed by atoms with Crippen LogP contribution in [0.4, 0.5) is 0 Å². The van der Waals surface area contributed by atoms with Crippen molar-refractivity contribution in [3.63, 3.8) is 0 Å². The molecule has 25 heavy (non-hydrogen) atoms. The van der Waals surface area contributed by atoms with Crippen molar-refractivity contribution in [2.24, 2.45) is 11.3 Å². The minimum atomic E-state index is 0.411. The zero-order valence-electron chi connectivity index (χ0n) is 15.0. The van der Waals surface area contributed by atoms with Gasteiger partial charge < -0.3 is 9.15 Å². The van der Waals surface area contributed by atoms with E-state index in [-0.39, 0.29) is 0 Å². The first kappa shape index (κ1) is 17.3. The summed E-state index contributed by atoms with van der Waals surface area (Å²) in [4.78, 5) is 6.67. The van der Waals surface area contributed by atoms with Crippen LogP contribution in [0.1, 0.15) is 23.5 Å². The molecule has 136 valence electrons. The third kappa shape index (κ3) is 3.85. The molecule has 1 spiro atoms. The number of likely N-dealkylation sites (tertiary alicyclic amines) is 2. The number of methoxy groups -OCH3 is 1. The second-order valence-electron chi connectivity index (χ2n) is 7.62. The Morgan fingerprint density at radius 2 is 2.08 bits per heavy atom. The number of rotatable bonds is 6. The number of piperidine rings is 1. The van der Waals surface area contributed by atoms with Gasteiger partial charge in [0, 0.05) is 37.5 Å². The molecule has 2 saturated heterocycles. The number of hydrogen-bond acceptors (Lipinski definition) is 5. The van der Waals surface area contributed by atoms with E-state index in [1.165, 1.54) is 37.4 Å². The van der Waals surface area contributed by atoms with Crippen molar-refractivity contribution in [1.82, 2.24) is 9.80 Å². The van der Waals surface area contributed by atoms with E-state index >= 15 is 0 Å². The highest BCUT2D eigenvalue weighted by Crippen LogP contribution is 2.45. The van der Waals surface area contributed by atoms with Gasteiger partial charge in [0.25, 0.3) is 0 Å². The van der Waals surface area contributed by atoms with Crippen LogP contribution >= 0.6 is 11.3 Å². The van der Waals surface area contributed by atoms with Gasteiger partial charge in [0.2, 0.25) is 0 Å². The largest absolute Gasteiger partial charge is 0.468 e. The molecule has 4 rings (SSSR count). The Morgan fingerprint density at radius 1 is 1.20 bits per heavy atom. The Hall–Kier alpha value is -1.14. The maximum atomic E-state index is 5.59. The maximum absolute atomic E-state index is 5.59. The van der Waals surface area contributed by atoms with Gasteiger partial charge in [-0.1, -0.05) is 6.07 Å². The summed E-state index contributed by atoms with van der Waals surface area (Å²) in [6.07, 6.45) is 4.33. The van der Waals surface area contributed by atoms with Gasteiger partial charge in [-0.15, -0.1) is 11.3 Å². The van der Waals surface area contributed by atoms with Gasteiger partial charge in [-0.2, -0.15) is 0 Å². The van der Waals surface area contributed by atoms with E-state index in [1.807, 2.05) is 24.5 Å². The summed E-state index contributed by atoms with van der Waals surface area (Å²) in [7, 11) is 1.84. The minimum absolute atomic E-state index is 0.411. The molecule has 5 heteroatoms. The number of thiophene rings is 1. The highest BCUT2D eigenvalue weighted by atomic mass is 32.1. The average Bonchev–Trinajstić information content (AvgIpc) is 3.34. The van der Waals surface area contributed by atoms with Crippen LogP contribution in [0.2, 0.25) is 0 Å². The monoisotopic (exact) mass is 360 g/mol. The van der Waals surface area contributed by atoms with Crippen molar-refractivity contribution in [2.45, 2.75) is 25.9 Å². The summed E-state index contributed by atoms with van der Waals surface area (Å²) >= 11 is 1.87. The molecule has 0 bridgehead atoms. The summed E-state index contributed by atoms with van der Waals surface area (Å²) in [6, 6.07) is 8.48. The topological polar surface area (TPSA) is 28.9 Å². The van der Waals surface area contributed by atoms with E-state index in [0.717, 1.165) is 32.0 Å². The van der Waals surface area contributed by atoms with Gasteiger partial charge in [0.05, 0.1) is 19.4 Å². The van der Waals surface area contributed by atoms with Crippen LogP contribution in [0.3, 0.4) is 0 Å². The molecule has 0 unspecified atom stereocenters. The van der Waals surface area contributed by atoms with Crippen molar-refractivity contribution in [3.8, 4) is 0 Å². The van der Waals surface area contributed by atoms with Gasteiger partial charge in [0.1, 0.15) is 5.76 Å². The van der Waals surface area contributed by atoms with Crippen molar-refractivity contribution in [1.29, 1.82) is 0 Å². The Balaban J connectivity index is 1.38. The van der Waals surface area contributed by atoms with Gasteiger partial charge in [-0.25, -0.2) is 0 Å². The lowest BCUT2D eigenvalue weighted by Crippen LogP contribution is -2.44. The molecule has 4 heterocycles. The van der Waals surface area contributed by atoms with Crippen LogP contribution in [0.25, 0.3) is 0 Å². The second kappa shape index (κ2) is 7.62. The highest BCUT2D eigenvalue weighted by molar-refractivity contribution is 7.09. The molecule has 2 aliphatic rings. The van der Waals surface area contributed by atoms with Crippen molar-refractivity contribution in [3.05, 3.63) is 46.5 Å². The second-order valence-corrected chi connectivity index (χ2v) is 8.65. The molecule has 0 saturated carbocycles. The zero-order valence-corrected chi connectivity index (χ0v) is 15.8. The predicted molar refractivity (Wildman–Crippen MR) is 101 cm³/mol. The maximum Gasteiger partial charge on any atom is 0.117 e. The van der Waals surface area contributed by atoms with E-state index in [4.69, 9.17) is 9.15 Å². The summed E-state index contributed by atoms with van der Waals surface area (Å²) in [5.41, 5.74) is 0.411. The summed E-state index contributed by atoms with van der Waals surface area (Å²) in [5, 5.41) is 2.18. The quantitative estimate of drug-likeness (QED) is 0.785. The first-order valence-electron chi connectivity index (χ1n) is 9.26. The van der Waals surface area contributed by atoms with Crippen molar-refractivity contribution < 1.29 is 9.15 Å². The summed E-state index contributed by atoms with van der Waals surface area (Å²) in [6.45, 7) is 7.61. The lowest BCUT2D eigenvalue weighted by molar-refractivity contribution is 0.0352. The highest BCUT2D eigenvalue weighted by Gasteiger charge is 2.47. The van der Waals surface area contributed by atoms with E-state index in [9.17, 15) is 0 Å². The molecule has 0 aromatic carbocycles. The minimum Gasteiger partial charge on any atom is -0.468 e. The number of furan rings is 1. The Morgan fingerprint density at radius 3 is 2.76 bits per heavy atom. The van der Waals surface area contributed by atoms with Gasteiger partial charge in [-0.05, 0) is 54.9 Å². The summed E-state index contributed by atoms with van der Waals surface area (Å²) in [5.74, 6) is 1.71. The number of nitrogens with zero attached hydrogens (tertiary/aromatic N) is 2. The van der Waals surface area contributed by atoms with Crippen LogP contribution in [-0.4, -0.2) is 49.7 Å². The molecule has 0 amide bonds. The Labute approximate surface area is 154 Å². The Kier molecular flexibility index (Phi) is 5.27. The fourth-order valence-electron chi connectivity index (χ4n) is 4.66. The van der Waals surface area contributed by atoms with E-state index < -0.39 is 0 Å². The Bertz CT molecular complexity index is 633. The lowest BCUT2D eigenvalue weighted by atomic mass is 9.71. The zero-order chi connectivity index (χ0) is 17.1. The van der Waals surface area contributed by atoms with Crippen molar-refractivity contribution in [2.75, 3.05) is 39.9 Å². The fraction of sp³-hybridized carbons (Fsp3) is 0.600. The molecule has 0 aliphatic carbocycles. The smallest absolute Gasteiger partial charge is 0.117 e. The first-order chi connectivity index (χ1) is 12.3. The lowest BCUT2D eigenvalue weighted by Gasteiger charge is -2.42. The van der Waals surface area contributed by atoms with Gasteiger partial charge in [0.15, 0.2) is 0 Å². The van der Waals surface area contributed by atoms with Crippen LogP contribution < -0.4 is 0 Å².